The maximum Gasteiger partial charge on any atom is 0.0593 e. The summed E-state index contributed by atoms with van der Waals surface area (Å²) in [5.74, 6) is 0. The second kappa shape index (κ2) is 8.48. The fourth-order valence-corrected chi connectivity index (χ4v) is 2.04. The van der Waals surface area contributed by atoms with Crippen LogP contribution < -0.4 is 5.73 Å². The molecular formula is C14H23ClN2O. The third kappa shape index (κ3) is 4.94. The summed E-state index contributed by atoms with van der Waals surface area (Å²) in [6.45, 7) is 9.00. The highest BCUT2D eigenvalue weighted by atomic mass is 35.5. The monoisotopic (exact) mass is 270 g/mol. The zero-order chi connectivity index (χ0) is 13.4. The van der Waals surface area contributed by atoms with Gasteiger partial charge in [0, 0.05) is 31.3 Å². The van der Waals surface area contributed by atoms with Crippen molar-refractivity contribution >= 4 is 11.6 Å². The lowest BCUT2D eigenvalue weighted by Gasteiger charge is -2.21. The lowest BCUT2D eigenvalue weighted by molar-refractivity contribution is 0.113. The molecule has 0 fully saturated rings. The van der Waals surface area contributed by atoms with Gasteiger partial charge in [-0.3, -0.25) is 4.90 Å². The van der Waals surface area contributed by atoms with Crippen LogP contribution in [-0.2, 0) is 17.8 Å². The molecule has 0 saturated carbocycles. The summed E-state index contributed by atoms with van der Waals surface area (Å²) in [4.78, 5) is 2.32. The van der Waals surface area contributed by atoms with Gasteiger partial charge >= 0.3 is 0 Å². The van der Waals surface area contributed by atoms with Crippen LogP contribution >= 0.6 is 11.6 Å². The first-order valence-corrected chi connectivity index (χ1v) is 6.86. The van der Waals surface area contributed by atoms with Gasteiger partial charge in [0.2, 0.25) is 0 Å². The topological polar surface area (TPSA) is 38.5 Å². The van der Waals surface area contributed by atoms with Crippen molar-refractivity contribution in [1.82, 2.24) is 4.90 Å². The molecule has 0 radical (unpaired) electrons. The predicted octanol–water partition coefficient (Wildman–Crippen LogP) is 2.66. The zero-order valence-corrected chi connectivity index (χ0v) is 12.0. The number of halogens is 1. The maximum atomic E-state index is 6.26. The van der Waals surface area contributed by atoms with Crippen LogP contribution in [0.1, 0.15) is 25.0 Å². The molecule has 0 amide bonds. The quantitative estimate of drug-likeness (QED) is 0.738. The fraction of sp³-hybridized carbons (Fsp3) is 0.571. The highest BCUT2D eigenvalue weighted by Gasteiger charge is 2.07. The summed E-state index contributed by atoms with van der Waals surface area (Å²) in [7, 11) is 0. The number of likely N-dealkylation sites (N-methyl/N-ethyl adjacent to an activating group) is 1. The van der Waals surface area contributed by atoms with Crippen LogP contribution in [0.2, 0.25) is 5.02 Å². The Morgan fingerprint density at radius 3 is 2.67 bits per heavy atom. The molecule has 0 aliphatic rings. The van der Waals surface area contributed by atoms with Gasteiger partial charge in [-0.25, -0.2) is 0 Å². The Kier molecular flexibility index (Phi) is 7.28. The smallest absolute Gasteiger partial charge is 0.0593 e. The highest BCUT2D eigenvalue weighted by molar-refractivity contribution is 6.31. The van der Waals surface area contributed by atoms with Gasteiger partial charge in [0.25, 0.3) is 0 Å². The number of nitrogens with zero attached hydrogens (tertiary/aromatic N) is 1. The average molecular weight is 271 g/mol. The van der Waals surface area contributed by atoms with E-state index in [4.69, 9.17) is 22.1 Å². The van der Waals surface area contributed by atoms with Gasteiger partial charge in [-0.05, 0) is 30.7 Å². The molecule has 0 atom stereocenters. The van der Waals surface area contributed by atoms with Gasteiger partial charge in [0.1, 0.15) is 0 Å². The van der Waals surface area contributed by atoms with Crippen LogP contribution in [0.3, 0.4) is 0 Å². The van der Waals surface area contributed by atoms with Crippen LogP contribution in [-0.4, -0.2) is 31.2 Å². The zero-order valence-electron chi connectivity index (χ0n) is 11.3. The van der Waals surface area contributed by atoms with E-state index >= 15 is 0 Å². The Hall–Kier alpha value is -0.610. The Labute approximate surface area is 115 Å². The minimum Gasteiger partial charge on any atom is -0.380 e. The van der Waals surface area contributed by atoms with E-state index in [9.17, 15) is 0 Å². The van der Waals surface area contributed by atoms with E-state index in [-0.39, 0.29) is 0 Å². The normalized spacial score (nSPS) is 11.2. The van der Waals surface area contributed by atoms with Gasteiger partial charge in [-0.2, -0.15) is 0 Å². The van der Waals surface area contributed by atoms with Crippen LogP contribution in [0.4, 0.5) is 0 Å². The van der Waals surface area contributed by atoms with E-state index in [1.54, 1.807) is 0 Å². The highest BCUT2D eigenvalue weighted by Crippen LogP contribution is 2.19. The number of hydrogen-bond donors (Lipinski definition) is 1. The summed E-state index contributed by atoms with van der Waals surface area (Å²) in [5, 5.41) is 0.799. The minimum atomic E-state index is 0.530. The first-order chi connectivity index (χ1) is 8.71. The third-order valence-electron chi connectivity index (χ3n) is 2.95. The SMILES string of the molecule is CCOCCN(CC)Cc1ccc(CN)cc1Cl. The molecule has 0 unspecified atom stereocenters. The molecule has 0 spiro atoms. The van der Waals surface area contributed by atoms with E-state index < -0.39 is 0 Å². The molecular weight excluding hydrogens is 248 g/mol. The van der Waals surface area contributed by atoms with E-state index in [0.29, 0.717) is 6.54 Å². The van der Waals surface area contributed by atoms with Crippen LogP contribution in [0.15, 0.2) is 18.2 Å². The Morgan fingerprint density at radius 2 is 2.11 bits per heavy atom. The van der Waals surface area contributed by atoms with Gasteiger partial charge in [0.15, 0.2) is 0 Å². The van der Waals surface area contributed by atoms with E-state index in [0.717, 1.165) is 49.0 Å². The largest absolute Gasteiger partial charge is 0.380 e. The Bertz CT molecular complexity index is 358. The number of hydrogen-bond acceptors (Lipinski definition) is 3. The molecule has 3 nitrogen and oxygen atoms in total. The third-order valence-corrected chi connectivity index (χ3v) is 3.30. The van der Waals surface area contributed by atoms with Gasteiger partial charge in [-0.1, -0.05) is 30.7 Å². The van der Waals surface area contributed by atoms with Gasteiger partial charge in [-0.15, -0.1) is 0 Å². The lowest BCUT2D eigenvalue weighted by atomic mass is 10.1. The molecule has 0 aromatic heterocycles. The van der Waals surface area contributed by atoms with Crippen molar-refractivity contribution in [2.24, 2.45) is 5.73 Å². The molecule has 2 N–H and O–H groups in total. The Balaban J connectivity index is 2.58. The number of nitrogens with two attached hydrogens (primary N) is 1. The fourth-order valence-electron chi connectivity index (χ4n) is 1.77. The van der Waals surface area contributed by atoms with Crippen LogP contribution in [0.25, 0.3) is 0 Å². The van der Waals surface area contributed by atoms with E-state index in [1.807, 2.05) is 19.1 Å². The molecule has 1 aromatic carbocycles. The first-order valence-electron chi connectivity index (χ1n) is 6.48. The molecule has 4 heteroatoms. The summed E-state index contributed by atoms with van der Waals surface area (Å²) in [5.41, 5.74) is 7.81. The molecule has 0 heterocycles. The van der Waals surface area contributed by atoms with Crippen molar-refractivity contribution in [2.45, 2.75) is 26.9 Å². The Morgan fingerprint density at radius 1 is 1.33 bits per heavy atom. The second-order valence-electron chi connectivity index (χ2n) is 4.20. The van der Waals surface area contributed by atoms with Crippen molar-refractivity contribution in [3.8, 4) is 0 Å². The van der Waals surface area contributed by atoms with Crippen LogP contribution in [0, 0.1) is 0 Å². The molecule has 1 aromatic rings. The molecule has 0 bridgehead atoms. The molecule has 0 aliphatic carbocycles. The standard InChI is InChI=1S/C14H23ClN2O/c1-3-17(7-8-18-4-2)11-13-6-5-12(10-16)9-14(13)15/h5-6,9H,3-4,7-8,10-11,16H2,1-2H3. The van der Waals surface area contributed by atoms with E-state index in [1.165, 1.54) is 0 Å². The first kappa shape index (κ1) is 15.4. The van der Waals surface area contributed by atoms with Crippen molar-refractivity contribution in [2.75, 3.05) is 26.3 Å². The average Bonchev–Trinajstić information content (AvgIpc) is 2.39. The van der Waals surface area contributed by atoms with E-state index in [2.05, 4.69) is 17.9 Å². The van der Waals surface area contributed by atoms with Gasteiger partial charge in [0.05, 0.1) is 6.61 Å². The summed E-state index contributed by atoms with van der Waals surface area (Å²) >= 11 is 6.26. The van der Waals surface area contributed by atoms with Crippen molar-refractivity contribution < 1.29 is 4.74 Å². The van der Waals surface area contributed by atoms with Crippen molar-refractivity contribution in [3.05, 3.63) is 34.3 Å². The maximum absolute atomic E-state index is 6.26. The molecule has 18 heavy (non-hydrogen) atoms. The second-order valence-corrected chi connectivity index (χ2v) is 4.60. The number of benzene rings is 1. The molecule has 102 valence electrons. The number of rotatable bonds is 8. The van der Waals surface area contributed by atoms with Gasteiger partial charge < -0.3 is 10.5 Å². The molecule has 0 saturated heterocycles. The predicted molar refractivity (Wildman–Crippen MR) is 76.8 cm³/mol. The molecule has 0 aliphatic heterocycles. The van der Waals surface area contributed by atoms with Crippen LogP contribution in [0.5, 0.6) is 0 Å². The molecule has 1 rings (SSSR count). The number of ether oxygens (including phenoxy) is 1. The summed E-state index contributed by atoms with van der Waals surface area (Å²) in [6.07, 6.45) is 0. The lowest BCUT2D eigenvalue weighted by Crippen LogP contribution is -2.27. The minimum absolute atomic E-state index is 0.530. The van der Waals surface area contributed by atoms with Crippen molar-refractivity contribution in [3.63, 3.8) is 0 Å². The van der Waals surface area contributed by atoms with Crippen molar-refractivity contribution in [1.29, 1.82) is 0 Å². The summed E-state index contributed by atoms with van der Waals surface area (Å²) in [6, 6.07) is 6.05. The summed E-state index contributed by atoms with van der Waals surface area (Å²) < 4.78 is 5.38.